The van der Waals surface area contributed by atoms with Gasteiger partial charge in [-0.1, -0.05) is 25.7 Å². The van der Waals surface area contributed by atoms with Crippen molar-refractivity contribution >= 4 is 9.76 Å². The van der Waals surface area contributed by atoms with E-state index in [1.165, 1.54) is 25.7 Å². The molecule has 0 heterocycles. The van der Waals surface area contributed by atoms with Crippen LogP contribution in [-0.2, 0) is 0 Å². The molecule has 0 radical (unpaired) electrons. The molecule has 2 rings (SSSR count). The van der Waals surface area contributed by atoms with Crippen LogP contribution in [0.2, 0.25) is 5.54 Å². The normalized spacial score (nSPS) is 28.7. The van der Waals surface area contributed by atoms with Crippen molar-refractivity contribution in [1.82, 2.24) is 0 Å². The van der Waals surface area contributed by atoms with E-state index < -0.39 is 9.76 Å². The van der Waals surface area contributed by atoms with Crippen molar-refractivity contribution in [2.45, 2.75) is 31.2 Å². The number of hydrogen-bond donors (Lipinski definition) is 1. The summed E-state index contributed by atoms with van der Waals surface area (Å²) in [7, 11) is -0.642. The molecule has 0 bridgehead atoms. The molecule has 0 aliphatic heterocycles. The average molecular weight is 142 g/mol. The summed E-state index contributed by atoms with van der Waals surface area (Å²) in [6.45, 7) is 0. The van der Waals surface area contributed by atoms with Gasteiger partial charge >= 0.3 is 0 Å². The van der Waals surface area contributed by atoms with E-state index in [9.17, 15) is 0 Å². The molecule has 1 N–H and O–H groups in total. The standard InChI is InChI=1S/C7H14OSi/c8-9-7(5-1-2-5)6-3-4-6/h5-8H,1-4,9H2. The molecule has 9 heavy (non-hydrogen) atoms. The summed E-state index contributed by atoms with van der Waals surface area (Å²) in [5.74, 6) is 1.96. The molecular weight excluding hydrogens is 128 g/mol. The Hall–Kier alpha value is 0.177. The molecule has 0 aromatic carbocycles. The SMILES string of the molecule is O[SiH2]C(C1CC1)C1CC1. The van der Waals surface area contributed by atoms with E-state index in [-0.39, 0.29) is 0 Å². The van der Waals surface area contributed by atoms with Crippen molar-refractivity contribution in [2.24, 2.45) is 11.8 Å². The molecule has 2 fully saturated rings. The zero-order valence-corrected chi connectivity index (χ0v) is 7.13. The van der Waals surface area contributed by atoms with Gasteiger partial charge in [0.2, 0.25) is 0 Å². The minimum atomic E-state index is -0.642. The van der Waals surface area contributed by atoms with E-state index in [4.69, 9.17) is 4.80 Å². The lowest BCUT2D eigenvalue weighted by Gasteiger charge is -2.08. The number of rotatable bonds is 3. The van der Waals surface area contributed by atoms with Gasteiger partial charge in [-0.2, -0.15) is 0 Å². The predicted octanol–water partition coefficient (Wildman–Crippen LogP) is 0.671. The lowest BCUT2D eigenvalue weighted by Crippen LogP contribution is -2.06. The highest BCUT2D eigenvalue weighted by molar-refractivity contribution is 6.28. The zero-order valence-electron chi connectivity index (χ0n) is 5.71. The van der Waals surface area contributed by atoms with Gasteiger partial charge in [-0.3, -0.25) is 0 Å². The van der Waals surface area contributed by atoms with Crippen LogP contribution in [0.1, 0.15) is 25.7 Å². The Morgan fingerprint density at radius 3 is 1.78 bits per heavy atom. The quantitative estimate of drug-likeness (QED) is 0.574. The molecule has 2 heteroatoms. The Balaban J connectivity index is 1.85. The van der Waals surface area contributed by atoms with Gasteiger partial charge in [0.1, 0.15) is 0 Å². The molecule has 2 saturated carbocycles. The molecule has 52 valence electrons. The van der Waals surface area contributed by atoms with E-state index in [0.717, 1.165) is 17.4 Å². The first-order chi connectivity index (χ1) is 4.42. The second kappa shape index (κ2) is 2.10. The van der Waals surface area contributed by atoms with Crippen molar-refractivity contribution in [3.63, 3.8) is 0 Å². The van der Waals surface area contributed by atoms with Crippen LogP contribution in [0.5, 0.6) is 0 Å². The maximum Gasteiger partial charge on any atom is 0.160 e. The molecule has 0 amide bonds. The van der Waals surface area contributed by atoms with Gasteiger partial charge in [-0.15, -0.1) is 0 Å². The average Bonchev–Trinajstić information content (AvgIpc) is 2.61. The molecule has 0 unspecified atom stereocenters. The summed E-state index contributed by atoms with van der Waals surface area (Å²) < 4.78 is 0. The Kier molecular flexibility index (Phi) is 1.38. The van der Waals surface area contributed by atoms with Gasteiger partial charge in [-0.25, -0.2) is 0 Å². The zero-order chi connectivity index (χ0) is 6.27. The first-order valence-electron chi connectivity index (χ1n) is 4.02. The van der Waals surface area contributed by atoms with Crippen LogP contribution in [0.15, 0.2) is 0 Å². The van der Waals surface area contributed by atoms with E-state index in [0.29, 0.717) is 0 Å². The fraction of sp³-hybridized carbons (Fsp3) is 1.00. The summed E-state index contributed by atoms with van der Waals surface area (Å²) in [5.41, 5.74) is 0.838. The molecule has 0 aromatic heterocycles. The van der Waals surface area contributed by atoms with Gasteiger partial charge in [0.05, 0.1) is 0 Å². The Morgan fingerprint density at radius 1 is 1.11 bits per heavy atom. The summed E-state index contributed by atoms with van der Waals surface area (Å²) >= 11 is 0. The van der Waals surface area contributed by atoms with E-state index in [1.54, 1.807) is 0 Å². The predicted molar refractivity (Wildman–Crippen MR) is 40.0 cm³/mol. The Bertz CT molecular complexity index is 95.5. The third-order valence-corrected chi connectivity index (χ3v) is 4.42. The first kappa shape index (κ1) is 5.92. The molecule has 0 spiro atoms. The topological polar surface area (TPSA) is 20.2 Å². The van der Waals surface area contributed by atoms with Gasteiger partial charge in [0.25, 0.3) is 0 Å². The van der Waals surface area contributed by atoms with Crippen LogP contribution in [0.25, 0.3) is 0 Å². The van der Waals surface area contributed by atoms with Crippen LogP contribution in [-0.4, -0.2) is 14.6 Å². The number of hydrogen-bond acceptors (Lipinski definition) is 1. The second-order valence-electron chi connectivity index (χ2n) is 3.52. The minimum absolute atomic E-state index is 0.642. The van der Waals surface area contributed by atoms with Crippen molar-refractivity contribution in [3.05, 3.63) is 0 Å². The van der Waals surface area contributed by atoms with Crippen LogP contribution in [0.3, 0.4) is 0 Å². The first-order valence-corrected chi connectivity index (χ1v) is 5.47. The Morgan fingerprint density at radius 2 is 1.56 bits per heavy atom. The van der Waals surface area contributed by atoms with Gasteiger partial charge in [-0.05, 0) is 17.4 Å². The molecule has 0 saturated heterocycles. The summed E-state index contributed by atoms with van der Waals surface area (Å²) in [6.07, 6.45) is 5.70. The van der Waals surface area contributed by atoms with Gasteiger partial charge < -0.3 is 4.80 Å². The van der Waals surface area contributed by atoms with Crippen molar-refractivity contribution in [2.75, 3.05) is 0 Å². The van der Waals surface area contributed by atoms with Crippen LogP contribution in [0.4, 0.5) is 0 Å². The van der Waals surface area contributed by atoms with Crippen LogP contribution in [0, 0.1) is 11.8 Å². The van der Waals surface area contributed by atoms with Crippen LogP contribution >= 0.6 is 0 Å². The third kappa shape index (κ3) is 1.19. The van der Waals surface area contributed by atoms with Crippen molar-refractivity contribution in [3.8, 4) is 0 Å². The van der Waals surface area contributed by atoms with E-state index >= 15 is 0 Å². The fourth-order valence-electron chi connectivity index (χ4n) is 1.73. The largest absolute Gasteiger partial charge is 0.438 e. The minimum Gasteiger partial charge on any atom is -0.438 e. The fourth-order valence-corrected chi connectivity index (χ4v) is 3.27. The lowest BCUT2D eigenvalue weighted by atomic mass is 10.2. The van der Waals surface area contributed by atoms with Crippen molar-refractivity contribution < 1.29 is 4.80 Å². The van der Waals surface area contributed by atoms with Gasteiger partial charge in [0.15, 0.2) is 9.76 Å². The van der Waals surface area contributed by atoms with Crippen LogP contribution < -0.4 is 0 Å². The highest BCUT2D eigenvalue weighted by Crippen LogP contribution is 2.52. The molecular formula is C7H14OSi. The van der Waals surface area contributed by atoms with Gasteiger partial charge in [0, 0.05) is 0 Å². The van der Waals surface area contributed by atoms with E-state index in [1.807, 2.05) is 0 Å². The Labute approximate surface area is 58.4 Å². The molecule has 0 atom stereocenters. The highest BCUT2D eigenvalue weighted by atomic mass is 28.2. The molecule has 1 nitrogen and oxygen atoms in total. The summed E-state index contributed by atoms with van der Waals surface area (Å²) in [4.78, 5) is 9.09. The van der Waals surface area contributed by atoms with E-state index in [2.05, 4.69) is 0 Å². The molecule has 2 aliphatic rings. The maximum absolute atomic E-state index is 9.09. The second-order valence-corrected chi connectivity index (χ2v) is 4.83. The summed E-state index contributed by atoms with van der Waals surface area (Å²) in [5, 5.41) is 0. The monoisotopic (exact) mass is 142 g/mol. The lowest BCUT2D eigenvalue weighted by molar-refractivity contribution is 0.529. The summed E-state index contributed by atoms with van der Waals surface area (Å²) in [6, 6.07) is 0. The highest BCUT2D eigenvalue weighted by Gasteiger charge is 2.40. The maximum atomic E-state index is 9.09. The smallest absolute Gasteiger partial charge is 0.160 e. The molecule has 2 aliphatic carbocycles. The van der Waals surface area contributed by atoms with Crippen molar-refractivity contribution in [1.29, 1.82) is 0 Å². The molecule has 0 aromatic rings. The third-order valence-electron chi connectivity index (χ3n) is 2.67.